The van der Waals surface area contributed by atoms with Crippen LogP contribution in [0.15, 0.2) is 60.0 Å². The van der Waals surface area contributed by atoms with Gasteiger partial charge in [0.15, 0.2) is 0 Å². The second-order valence-corrected chi connectivity index (χ2v) is 5.87. The highest BCUT2D eigenvalue weighted by molar-refractivity contribution is 6.40. The van der Waals surface area contributed by atoms with Gasteiger partial charge in [-0.1, -0.05) is 24.3 Å². The predicted molar refractivity (Wildman–Crippen MR) is 94.7 cm³/mol. The number of anilines is 1. The second-order valence-electron chi connectivity index (χ2n) is 5.87. The van der Waals surface area contributed by atoms with Crippen LogP contribution >= 0.6 is 0 Å². The summed E-state index contributed by atoms with van der Waals surface area (Å²) in [5, 5.41) is 5.89. The number of primary amides is 1. The minimum Gasteiger partial charge on any atom is -0.368 e. The van der Waals surface area contributed by atoms with Crippen molar-refractivity contribution in [3.8, 4) is 0 Å². The zero-order valence-corrected chi connectivity index (χ0v) is 13.9. The lowest BCUT2D eigenvalue weighted by atomic mass is 10.1. The van der Waals surface area contributed by atoms with Crippen molar-refractivity contribution in [3.63, 3.8) is 0 Å². The number of nitrogens with two attached hydrogens (primary N) is 1. The Kier molecular flexibility index (Phi) is 4.74. The average molecular weight is 337 g/mol. The normalized spacial score (nSPS) is 16.4. The van der Waals surface area contributed by atoms with E-state index in [1.165, 1.54) is 5.01 Å². The van der Waals surface area contributed by atoms with Crippen molar-refractivity contribution in [2.75, 3.05) is 12.1 Å². The first-order valence-electron chi connectivity index (χ1n) is 7.91. The number of nitrogens with zero attached hydrogens (tertiary/aromatic N) is 4. The zero-order chi connectivity index (χ0) is 17.8. The molecule has 1 aromatic carbocycles. The van der Waals surface area contributed by atoms with Crippen molar-refractivity contribution < 1.29 is 9.59 Å². The first-order valence-corrected chi connectivity index (χ1v) is 7.91. The van der Waals surface area contributed by atoms with Crippen LogP contribution in [-0.4, -0.2) is 40.5 Å². The molecule has 128 valence electrons. The third-order valence-corrected chi connectivity index (χ3v) is 4.00. The Hall–Kier alpha value is -3.22. The van der Waals surface area contributed by atoms with E-state index >= 15 is 0 Å². The van der Waals surface area contributed by atoms with Crippen LogP contribution in [0.1, 0.15) is 12.0 Å². The maximum Gasteiger partial charge on any atom is 0.270 e. The van der Waals surface area contributed by atoms with Gasteiger partial charge in [-0.15, -0.1) is 0 Å². The molecule has 2 heterocycles. The molecule has 0 saturated heterocycles. The van der Waals surface area contributed by atoms with Gasteiger partial charge in [0.2, 0.25) is 5.91 Å². The van der Waals surface area contributed by atoms with E-state index in [-0.39, 0.29) is 12.3 Å². The van der Waals surface area contributed by atoms with E-state index < -0.39 is 11.9 Å². The van der Waals surface area contributed by atoms with E-state index in [2.05, 4.69) is 10.1 Å². The van der Waals surface area contributed by atoms with Gasteiger partial charge in [-0.3, -0.25) is 19.6 Å². The largest absolute Gasteiger partial charge is 0.368 e. The summed E-state index contributed by atoms with van der Waals surface area (Å²) in [5.74, 6) is -0.737. The van der Waals surface area contributed by atoms with Crippen molar-refractivity contribution in [2.24, 2.45) is 10.8 Å². The molecule has 25 heavy (non-hydrogen) atoms. The molecule has 0 saturated carbocycles. The van der Waals surface area contributed by atoms with Crippen LogP contribution in [0.25, 0.3) is 0 Å². The van der Waals surface area contributed by atoms with Crippen molar-refractivity contribution in [1.82, 2.24) is 9.88 Å². The highest BCUT2D eigenvalue weighted by Crippen LogP contribution is 2.24. The lowest BCUT2D eigenvalue weighted by Crippen LogP contribution is -2.40. The molecule has 7 nitrogen and oxygen atoms in total. The van der Waals surface area contributed by atoms with Crippen LogP contribution in [0, 0.1) is 0 Å². The number of hydrazone groups is 1. The molecular formula is C18H19N5O2. The number of benzene rings is 1. The first kappa shape index (κ1) is 16.6. The number of aromatic nitrogens is 1. The second kappa shape index (κ2) is 7.12. The maximum atomic E-state index is 12.7. The SMILES string of the molecule is CN(Cc1cccnc1)C(=O)C1=NN(c2ccccc2)C(C(N)=O)C1. The molecule has 1 aliphatic rings. The van der Waals surface area contributed by atoms with Crippen LogP contribution in [-0.2, 0) is 16.1 Å². The highest BCUT2D eigenvalue weighted by atomic mass is 16.2. The lowest BCUT2D eigenvalue weighted by Gasteiger charge is -2.20. The number of carbonyl (C=O) groups excluding carboxylic acids is 2. The summed E-state index contributed by atoms with van der Waals surface area (Å²) in [6.45, 7) is 0.415. The molecule has 7 heteroatoms. The fraction of sp³-hybridized carbons (Fsp3) is 0.222. The summed E-state index contributed by atoms with van der Waals surface area (Å²) in [6.07, 6.45) is 3.59. The smallest absolute Gasteiger partial charge is 0.270 e. The van der Waals surface area contributed by atoms with Gasteiger partial charge in [-0.2, -0.15) is 5.10 Å². The van der Waals surface area contributed by atoms with Crippen LogP contribution in [0.3, 0.4) is 0 Å². The molecular weight excluding hydrogens is 318 g/mol. The van der Waals surface area contributed by atoms with Crippen LogP contribution in [0.2, 0.25) is 0 Å². The Morgan fingerprint density at radius 3 is 2.64 bits per heavy atom. The number of para-hydroxylation sites is 1. The quantitative estimate of drug-likeness (QED) is 0.886. The standard InChI is InChI=1S/C18H19N5O2/c1-22(12-13-6-5-9-20-11-13)18(25)15-10-16(17(19)24)23(21-15)14-7-3-2-4-8-14/h2-9,11,16H,10,12H2,1H3,(H2,19,24). The molecule has 0 spiro atoms. The predicted octanol–water partition coefficient (Wildman–Crippen LogP) is 1.16. The number of hydrogen-bond acceptors (Lipinski definition) is 5. The third-order valence-electron chi connectivity index (χ3n) is 4.00. The number of carbonyl (C=O) groups is 2. The Bertz CT molecular complexity index is 792. The molecule has 0 fully saturated rings. The minimum atomic E-state index is -0.659. The molecule has 1 aliphatic heterocycles. The molecule has 0 radical (unpaired) electrons. The third kappa shape index (κ3) is 3.65. The summed E-state index contributed by atoms with van der Waals surface area (Å²) < 4.78 is 0. The Morgan fingerprint density at radius 2 is 2.00 bits per heavy atom. The van der Waals surface area contributed by atoms with E-state index in [9.17, 15) is 9.59 Å². The summed E-state index contributed by atoms with van der Waals surface area (Å²) in [4.78, 5) is 30.1. The number of amides is 2. The Morgan fingerprint density at radius 1 is 1.24 bits per heavy atom. The fourth-order valence-electron chi connectivity index (χ4n) is 2.74. The van der Waals surface area contributed by atoms with Gasteiger partial charge < -0.3 is 10.6 Å². The van der Waals surface area contributed by atoms with Gasteiger partial charge in [0.25, 0.3) is 5.91 Å². The fourth-order valence-corrected chi connectivity index (χ4v) is 2.74. The van der Waals surface area contributed by atoms with Gasteiger partial charge in [-0.05, 0) is 23.8 Å². The minimum absolute atomic E-state index is 0.195. The van der Waals surface area contributed by atoms with Gasteiger partial charge in [0.1, 0.15) is 11.8 Å². The van der Waals surface area contributed by atoms with Crippen LogP contribution in [0.4, 0.5) is 5.69 Å². The molecule has 0 aliphatic carbocycles. The molecule has 1 atom stereocenters. The molecule has 1 unspecified atom stereocenters. The molecule has 2 aromatic rings. The molecule has 3 rings (SSSR count). The monoisotopic (exact) mass is 337 g/mol. The summed E-state index contributed by atoms with van der Waals surface area (Å²) in [6, 6.07) is 12.3. The van der Waals surface area contributed by atoms with E-state index in [4.69, 9.17) is 5.73 Å². The number of pyridine rings is 1. The van der Waals surface area contributed by atoms with Crippen LogP contribution in [0.5, 0.6) is 0 Å². The van der Waals surface area contributed by atoms with Crippen molar-refractivity contribution in [1.29, 1.82) is 0 Å². The van der Waals surface area contributed by atoms with Crippen molar-refractivity contribution in [2.45, 2.75) is 19.0 Å². The summed E-state index contributed by atoms with van der Waals surface area (Å²) in [5.41, 5.74) is 7.46. The summed E-state index contributed by atoms with van der Waals surface area (Å²) >= 11 is 0. The van der Waals surface area contributed by atoms with E-state index in [1.54, 1.807) is 24.3 Å². The lowest BCUT2D eigenvalue weighted by molar-refractivity contribution is -0.123. The van der Waals surface area contributed by atoms with Crippen molar-refractivity contribution in [3.05, 3.63) is 60.4 Å². The molecule has 2 amide bonds. The molecule has 0 bridgehead atoms. The van der Waals surface area contributed by atoms with Gasteiger partial charge in [0.05, 0.1) is 5.69 Å². The molecule has 2 N–H and O–H groups in total. The maximum absolute atomic E-state index is 12.7. The van der Waals surface area contributed by atoms with Crippen LogP contribution < -0.4 is 10.7 Å². The van der Waals surface area contributed by atoms with E-state index in [0.717, 1.165) is 11.3 Å². The Labute approximate surface area is 145 Å². The van der Waals surface area contributed by atoms with E-state index in [0.29, 0.717) is 12.3 Å². The van der Waals surface area contributed by atoms with Gasteiger partial charge in [-0.25, -0.2) is 0 Å². The average Bonchev–Trinajstić information content (AvgIpc) is 3.08. The first-order chi connectivity index (χ1) is 12.1. The highest BCUT2D eigenvalue weighted by Gasteiger charge is 2.35. The Balaban J connectivity index is 1.79. The van der Waals surface area contributed by atoms with Crippen molar-refractivity contribution >= 4 is 23.2 Å². The summed E-state index contributed by atoms with van der Waals surface area (Å²) in [7, 11) is 1.70. The topological polar surface area (TPSA) is 91.9 Å². The van der Waals surface area contributed by atoms with E-state index in [1.807, 2.05) is 42.5 Å². The van der Waals surface area contributed by atoms with Gasteiger partial charge in [0, 0.05) is 32.4 Å². The number of hydrogen-bond donors (Lipinski definition) is 1. The number of rotatable bonds is 5. The zero-order valence-electron chi connectivity index (χ0n) is 13.9. The van der Waals surface area contributed by atoms with Gasteiger partial charge >= 0.3 is 0 Å². The molecule has 1 aromatic heterocycles.